The SMILES string of the molecule is O=C(NNC(=S)Nc1cccc(F)c1)c1cc2ccccc2cc1O. The van der Waals surface area contributed by atoms with Gasteiger partial charge in [0, 0.05) is 5.69 Å². The summed E-state index contributed by atoms with van der Waals surface area (Å²) in [6.45, 7) is 0. The molecule has 0 aliphatic heterocycles. The first kappa shape index (κ1) is 16.7. The van der Waals surface area contributed by atoms with Crippen molar-refractivity contribution in [1.29, 1.82) is 0 Å². The van der Waals surface area contributed by atoms with Crippen LogP contribution in [0.25, 0.3) is 10.8 Å². The number of rotatable bonds is 2. The lowest BCUT2D eigenvalue weighted by Gasteiger charge is -2.12. The Morgan fingerprint density at radius 2 is 1.68 bits per heavy atom. The summed E-state index contributed by atoms with van der Waals surface area (Å²) in [5.74, 6) is -1.09. The van der Waals surface area contributed by atoms with Gasteiger partial charge in [-0.25, -0.2) is 4.39 Å². The maximum absolute atomic E-state index is 13.1. The molecule has 0 radical (unpaired) electrons. The lowest BCUT2D eigenvalue weighted by molar-refractivity contribution is 0.0941. The van der Waals surface area contributed by atoms with Crippen LogP contribution in [0, 0.1) is 5.82 Å². The number of nitrogens with one attached hydrogen (secondary N) is 3. The second-order valence-corrected chi connectivity index (χ2v) is 5.67. The van der Waals surface area contributed by atoms with Crippen molar-refractivity contribution in [3.8, 4) is 5.75 Å². The van der Waals surface area contributed by atoms with Crippen LogP contribution in [0.5, 0.6) is 5.75 Å². The summed E-state index contributed by atoms with van der Waals surface area (Å²) < 4.78 is 13.1. The normalized spacial score (nSPS) is 10.3. The van der Waals surface area contributed by atoms with E-state index in [2.05, 4.69) is 16.2 Å². The molecule has 0 aromatic heterocycles. The summed E-state index contributed by atoms with van der Waals surface area (Å²) in [5.41, 5.74) is 5.46. The fourth-order valence-corrected chi connectivity index (χ4v) is 2.49. The number of hydrazine groups is 1. The number of aromatic hydroxyl groups is 1. The average molecular weight is 355 g/mol. The smallest absolute Gasteiger partial charge is 0.273 e. The van der Waals surface area contributed by atoms with E-state index in [1.165, 1.54) is 24.3 Å². The first-order valence-electron chi connectivity index (χ1n) is 7.37. The van der Waals surface area contributed by atoms with Gasteiger partial charge >= 0.3 is 0 Å². The zero-order chi connectivity index (χ0) is 17.8. The Morgan fingerprint density at radius 3 is 2.40 bits per heavy atom. The number of amides is 1. The molecule has 4 N–H and O–H groups in total. The van der Waals surface area contributed by atoms with Crippen LogP contribution < -0.4 is 16.2 Å². The zero-order valence-electron chi connectivity index (χ0n) is 12.9. The van der Waals surface area contributed by atoms with Crippen LogP contribution in [-0.2, 0) is 0 Å². The third-order valence-electron chi connectivity index (χ3n) is 3.48. The molecule has 0 fully saturated rings. The summed E-state index contributed by atoms with van der Waals surface area (Å²) in [4.78, 5) is 12.2. The number of halogens is 1. The average Bonchev–Trinajstić information content (AvgIpc) is 2.59. The maximum atomic E-state index is 13.1. The van der Waals surface area contributed by atoms with Crippen molar-refractivity contribution in [1.82, 2.24) is 10.9 Å². The fourth-order valence-electron chi connectivity index (χ4n) is 2.32. The predicted molar refractivity (Wildman–Crippen MR) is 98.8 cm³/mol. The van der Waals surface area contributed by atoms with E-state index >= 15 is 0 Å². The quantitative estimate of drug-likeness (QED) is 0.419. The third kappa shape index (κ3) is 4.02. The minimum atomic E-state index is -0.549. The Bertz CT molecular complexity index is 962. The third-order valence-corrected chi connectivity index (χ3v) is 3.68. The molecular weight excluding hydrogens is 341 g/mol. The van der Waals surface area contributed by atoms with E-state index in [1.807, 2.05) is 24.3 Å². The van der Waals surface area contributed by atoms with E-state index in [-0.39, 0.29) is 16.4 Å². The molecule has 25 heavy (non-hydrogen) atoms. The molecule has 0 aliphatic rings. The van der Waals surface area contributed by atoms with Gasteiger partial charge < -0.3 is 10.4 Å². The first-order chi connectivity index (χ1) is 12.0. The Morgan fingerprint density at radius 1 is 0.960 bits per heavy atom. The number of benzene rings is 3. The van der Waals surface area contributed by atoms with Crippen LogP contribution >= 0.6 is 12.2 Å². The minimum absolute atomic E-state index is 0.0826. The number of carbonyl (C=O) groups is 1. The molecule has 0 atom stereocenters. The number of hydrogen-bond acceptors (Lipinski definition) is 3. The Balaban J connectivity index is 1.66. The zero-order valence-corrected chi connectivity index (χ0v) is 13.7. The molecule has 5 nitrogen and oxygen atoms in total. The second-order valence-electron chi connectivity index (χ2n) is 5.26. The fraction of sp³-hybridized carbons (Fsp3) is 0. The molecule has 126 valence electrons. The van der Waals surface area contributed by atoms with E-state index in [1.54, 1.807) is 12.1 Å². The van der Waals surface area contributed by atoms with E-state index in [9.17, 15) is 14.3 Å². The van der Waals surface area contributed by atoms with Crippen molar-refractivity contribution >= 4 is 39.7 Å². The summed E-state index contributed by atoms with van der Waals surface area (Å²) in [6.07, 6.45) is 0. The van der Waals surface area contributed by atoms with Crippen molar-refractivity contribution in [2.45, 2.75) is 0 Å². The van der Waals surface area contributed by atoms with Gasteiger partial charge in [0.05, 0.1) is 5.56 Å². The van der Waals surface area contributed by atoms with E-state index in [0.717, 1.165) is 10.8 Å². The van der Waals surface area contributed by atoms with Crippen LogP contribution in [0.3, 0.4) is 0 Å². The number of phenolic OH excluding ortho intramolecular Hbond substituents is 1. The molecule has 7 heteroatoms. The molecule has 3 aromatic rings. The number of anilines is 1. The van der Waals surface area contributed by atoms with Crippen molar-refractivity contribution < 1.29 is 14.3 Å². The predicted octanol–water partition coefficient (Wildman–Crippen LogP) is 3.32. The van der Waals surface area contributed by atoms with Gasteiger partial charge in [-0.15, -0.1) is 0 Å². The Labute approximate surface area is 148 Å². The van der Waals surface area contributed by atoms with Crippen LogP contribution in [0.15, 0.2) is 60.7 Å². The molecule has 0 unspecified atom stereocenters. The Hall–Kier alpha value is -3.19. The van der Waals surface area contributed by atoms with Gasteiger partial charge in [-0.05, 0) is 53.3 Å². The summed E-state index contributed by atoms with van der Waals surface area (Å²) in [6, 6.07) is 16.2. The number of phenols is 1. The summed E-state index contributed by atoms with van der Waals surface area (Å²) in [7, 11) is 0. The highest BCUT2D eigenvalue weighted by molar-refractivity contribution is 7.80. The van der Waals surface area contributed by atoms with Gasteiger partial charge in [0.1, 0.15) is 11.6 Å². The second kappa shape index (κ2) is 7.14. The van der Waals surface area contributed by atoms with E-state index in [4.69, 9.17) is 12.2 Å². The van der Waals surface area contributed by atoms with Crippen molar-refractivity contribution in [3.05, 3.63) is 72.0 Å². The molecule has 0 saturated heterocycles. The van der Waals surface area contributed by atoms with Crippen LogP contribution in [0.4, 0.5) is 10.1 Å². The van der Waals surface area contributed by atoms with Crippen molar-refractivity contribution in [2.24, 2.45) is 0 Å². The molecule has 3 rings (SSSR count). The number of carbonyl (C=O) groups excluding carboxylic acids is 1. The highest BCUT2D eigenvalue weighted by Crippen LogP contribution is 2.24. The van der Waals surface area contributed by atoms with Gasteiger partial charge in [0.25, 0.3) is 5.91 Å². The topological polar surface area (TPSA) is 73.4 Å². The number of thiocarbonyl (C=S) groups is 1. The standard InChI is InChI=1S/C18H14FN3O2S/c19-13-6-3-7-14(10-13)20-18(25)22-21-17(24)15-8-11-4-1-2-5-12(11)9-16(15)23/h1-10,23H,(H,21,24)(H2,20,22,25). The monoisotopic (exact) mass is 355 g/mol. The van der Waals surface area contributed by atoms with Gasteiger partial charge in [-0.1, -0.05) is 30.3 Å². The summed E-state index contributed by atoms with van der Waals surface area (Å²) >= 11 is 5.04. The lowest BCUT2D eigenvalue weighted by atomic mass is 10.1. The summed E-state index contributed by atoms with van der Waals surface area (Å²) in [5, 5.41) is 14.5. The maximum Gasteiger partial charge on any atom is 0.273 e. The van der Waals surface area contributed by atoms with Crippen molar-refractivity contribution in [3.63, 3.8) is 0 Å². The molecular formula is C18H14FN3O2S. The molecule has 0 bridgehead atoms. The largest absolute Gasteiger partial charge is 0.507 e. The minimum Gasteiger partial charge on any atom is -0.507 e. The Kier molecular flexibility index (Phi) is 4.76. The van der Waals surface area contributed by atoms with Gasteiger partial charge in [-0.2, -0.15) is 0 Å². The van der Waals surface area contributed by atoms with Gasteiger partial charge in [-0.3, -0.25) is 15.6 Å². The molecule has 0 spiro atoms. The highest BCUT2D eigenvalue weighted by Gasteiger charge is 2.12. The lowest BCUT2D eigenvalue weighted by Crippen LogP contribution is -2.43. The molecule has 0 saturated carbocycles. The van der Waals surface area contributed by atoms with Crippen LogP contribution in [0.2, 0.25) is 0 Å². The van der Waals surface area contributed by atoms with Crippen LogP contribution in [-0.4, -0.2) is 16.1 Å². The molecule has 3 aromatic carbocycles. The molecule has 0 aliphatic carbocycles. The highest BCUT2D eigenvalue weighted by atomic mass is 32.1. The number of fused-ring (bicyclic) bond motifs is 1. The van der Waals surface area contributed by atoms with Crippen LogP contribution in [0.1, 0.15) is 10.4 Å². The molecule has 1 amide bonds. The van der Waals surface area contributed by atoms with E-state index < -0.39 is 11.7 Å². The van der Waals surface area contributed by atoms with E-state index in [0.29, 0.717) is 5.69 Å². The van der Waals surface area contributed by atoms with Gasteiger partial charge in [0.2, 0.25) is 0 Å². The van der Waals surface area contributed by atoms with Crippen molar-refractivity contribution in [2.75, 3.05) is 5.32 Å². The molecule has 0 heterocycles. The van der Waals surface area contributed by atoms with Gasteiger partial charge in [0.15, 0.2) is 5.11 Å². The number of hydrogen-bond donors (Lipinski definition) is 4. The first-order valence-corrected chi connectivity index (χ1v) is 7.78.